The van der Waals surface area contributed by atoms with Crippen molar-refractivity contribution in [3.63, 3.8) is 0 Å². The van der Waals surface area contributed by atoms with E-state index in [1.54, 1.807) is 4.90 Å². The van der Waals surface area contributed by atoms with Crippen LogP contribution >= 0.6 is 31.9 Å². The van der Waals surface area contributed by atoms with E-state index in [0.29, 0.717) is 38.9 Å². The highest BCUT2D eigenvalue weighted by atomic mass is 79.9. The number of ether oxygens (including phenoxy) is 3. The van der Waals surface area contributed by atoms with E-state index >= 15 is 0 Å². The summed E-state index contributed by atoms with van der Waals surface area (Å²) in [6.07, 6.45) is 0.928. The van der Waals surface area contributed by atoms with E-state index in [2.05, 4.69) is 62.3 Å². The molecule has 0 saturated carbocycles. The normalized spacial score (nSPS) is 18.4. The first-order valence-electron chi connectivity index (χ1n) is 12.7. The first-order valence-corrected chi connectivity index (χ1v) is 14.3. The average Bonchev–Trinajstić information content (AvgIpc) is 3.29. The molecule has 202 valence electrons. The molecule has 2 aromatic carbocycles. The lowest BCUT2D eigenvalue weighted by Crippen LogP contribution is -2.49. The van der Waals surface area contributed by atoms with Crippen LogP contribution in [-0.4, -0.2) is 54.4 Å². The van der Waals surface area contributed by atoms with Crippen molar-refractivity contribution >= 4 is 38.0 Å². The maximum Gasteiger partial charge on any atom is 0.410 e. The first-order chi connectivity index (χ1) is 17.4. The number of nitrogens with one attached hydrogen (secondary N) is 1. The number of nitrogens with zero attached hydrogens (tertiary/aromatic N) is 1. The summed E-state index contributed by atoms with van der Waals surface area (Å²) in [7, 11) is 0. The Kier molecular flexibility index (Phi) is 8.78. The van der Waals surface area contributed by atoms with Gasteiger partial charge in [0, 0.05) is 34.0 Å². The second-order valence-corrected chi connectivity index (χ2v) is 12.9. The molecule has 2 heterocycles. The minimum atomic E-state index is -0.712. The number of likely N-dealkylation sites (tertiary alicyclic amines) is 1. The number of aliphatic hydroxyl groups excluding tert-OH is 1. The van der Waals surface area contributed by atoms with Gasteiger partial charge in [0.1, 0.15) is 11.8 Å². The minimum absolute atomic E-state index is 0.207. The molecule has 2 aliphatic heterocycles. The molecule has 0 bridgehead atoms. The monoisotopic (exact) mass is 638 g/mol. The second kappa shape index (κ2) is 11.5. The van der Waals surface area contributed by atoms with Gasteiger partial charge < -0.3 is 24.2 Å². The van der Waals surface area contributed by atoms with Crippen molar-refractivity contribution in [2.24, 2.45) is 0 Å². The highest BCUT2D eigenvalue weighted by molar-refractivity contribution is 9.11. The Balaban J connectivity index is 1.47. The highest BCUT2D eigenvalue weighted by Crippen LogP contribution is 2.44. The third kappa shape index (κ3) is 7.19. The van der Waals surface area contributed by atoms with Gasteiger partial charge in [-0.1, -0.05) is 44.8 Å². The number of rotatable bonds is 7. The summed E-state index contributed by atoms with van der Waals surface area (Å²) in [5.41, 5.74) is 1.40. The number of hydrogen-bond donors (Lipinski definition) is 2. The summed E-state index contributed by atoms with van der Waals surface area (Å²) in [6, 6.07) is 12.2. The van der Waals surface area contributed by atoms with Crippen LogP contribution in [0.1, 0.15) is 64.0 Å². The van der Waals surface area contributed by atoms with E-state index in [-0.39, 0.29) is 24.2 Å². The number of piperidine rings is 1. The largest absolute Gasteiger partial charge is 0.454 e. The first kappa shape index (κ1) is 28.2. The van der Waals surface area contributed by atoms with Crippen LogP contribution in [0.3, 0.4) is 0 Å². The molecule has 0 aliphatic carbocycles. The lowest BCUT2D eigenvalue weighted by molar-refractivity contribution is 0.0111. The maximum atomic E-state index is 12.7. The van der Waals surface area contributed by atoms with Gasteiger partial charge in [-0.05, 0) is 87.4 Å². The number of benzene rings is 2. The van der Waals surface area contributed by atoms with Crippen LogP contribution in [0.4, 0.5) is 4.79 Å². The number of fused-ring (bicyclic) bond motifs is 1. The van der Waals surface area contributed by atoms with Crippen LogP contribution in [0.25, 0.3) is 0 Å². The maximum absolute atomic E-state index is 12.7. The van der Waals surface area contributed by atoms with Crippen molar-refractivity contribution in [3.8, 4) is 11.5 Å². The van der Waals surface area contributed by atoms with Crippen molar-refractivity contribution in [1.29, 1.82) is 0 Å². The van der Waals surface area contributed by atoms with E-state index in [1.807, 2.05) is 39.0 Å². The van der Waals surface area contributed by atoms with Gasteiger partial charge in [-0.25, -0.2) is 4.79 Å². The molecule has 2 atom stereocenters. The fourth-order valence-electron chi connectivity index (χ4n) is 5.01. The predicted molar refractivity (Wildman–Crippen MR) is 150 cm³/mol. The zero-order valence-corrected chi connectivity index (χ0v) is 25.0. The molecule has 2 aromatic rings. The lowest BCUT2D eigenvalue weighted by Gasteiger charge is -2.43. The Morgan fingerprint density at radius 1 is 1.11 bits per heavy atom. The van der Waals surface area contributed by atoms with Gasteiger partial charge in [0.2, 0.25) is 6.79 Å². The zero-order valence-electron chi connectivity index (χ0n) is 21.9. The van der Waals surface area contributed by atoms with Crippen LogP contribution in [0.15, 0.2) is 45.3 Å². The fourth-order valence-corrected chi connectivity index (χ4v) is 6.34. The molecule has 2 unspecified atom stereocenters. The number of amides is 1. The summed E-state index contributed by atoms with van der Waals surface area (Å²) in [6.45, 7) is 9.72. The van der Waals surface area contributed by atoms with Gasteiger partial charge in [-0.2, -0.15) is 0 Å². The molecule has 0 spiro atoms. The third-order valence-corrected chi connectivity index (χ3v) is 7.97. The van der Waals surface area contributed by atoms with Gasteiger partial charge in [0.05, 0.1) is 0 Å². The summed E-state index contributed by atoms with van der Waals surface area (Å²) in [4.78, 5) is 14.5. The third-order valence-electron chi connectivity index (χ3n) is 7.05. The summed E-state index contributed by atoms with van der Waals surface area (Å²) >= 11 is 7.11. The molecule has 1 fully saturated rings. The molecule has 37 heavy (non-hydrogen) atoms. The molecule has 0 radical (unpaired) electrons. The molecule has 1 saturated heterocycles. The van der Waals surface area contributed by atoms with Crippen molar-refractivity contribution in [1.82, 2.24) is 10.2 Å². The van der Waals surface area contributed by atoms with Crippen molar-refractivity contribution < 1.29 is 24.1 Å². The van der Waals surface area contributed by atoms with E-state index in [9.17, 15) is 9.90 Å². The zero-order chi connectivity index (χ0) is 26.8. The van der Waals surface area contributed by atoms with Crippen LogP contribution in [0, 0.1) is 0 Å². The number of hydrogen-bond acceptors (Lipinski definition) is 6. The topological polar surface area (TPSA) is 80.3 Å². The molecule has 2 aliphatic rings. The fraction of sp³-hybridized carbons (Fsp3) is 0.536. The molecule has 4 rings (SSSR count). The van der Waals surface area contributed by atoms with Crippen LogP contribution in [0.5, 0.6) is 11.5 Å². The molecule has 9 heteroatoms. The Morgan fingerprint density at radius 3 is 2.41 bits per heavy atom. The van der Waals surface area contributed by atoms with E-state index in [4.69, 9.17) is 14.2 Å². The Morgan fingerprint density at radius 2 is 1.76 bits per heavy atom. The number of aliphatic hydroxyl groups is 1. The Labute approximate surface area is 236 Å². The number of carbonyl (C=O) groups excluding carboxylic acids is 1. The SMILES string of the molecule is CC(CNC(O)CC1(c2ccc3c(c2)OCO3)CCN(C(=O)OC(C)(C)C)CC1)c1cc(Br)cc(Br)c1. The molecule has 7 nitrogen and oxygen atoms in total. The van der Waals surface area contributed by atoms with Crippen molar-refractivity contribution in [2.75, 3.05) is 26.4 Å². The standard InChI is InChI=1S/C28H36Br2N2O5/c1-18(19-11-21(29)14-22(30)12-19)16-31-25(33)15-28(20-5-6-23-24(13-20)36-17-35-23)7-9-32(10-8-28)26(34)37-27(2,3)4/h5-6,11-14,18,25,31,33H,7-10,15-17H2,1-4H3. The predicted octanol–water partition coefficient (Wildman–Crippen LogP) is 6.31. The second-order valence-electron chi connectivity index (χ2n) is 11.0. The molecule has 2 N–H and O–H groups in total. The summed E-state index contributed by atoms with van der Waals surface area (Å²) in [5, 5.41) is 14.5. The Bertz CT molecular complexity index is 1090. The number of halogens is 2. The van der Waals surface area contributed by atoms with E-state index in [0.717, 1.165) is 26.0 Å². The highest BCUT2D eigenvalue weighted by Gasteiger charge is 2.40. The van der Waals surface area contributed by atoms with E-state index < -0.39 is 11.8 Å². The van der Waals surface area contributed by atoms with Crippen LogP contribution < -0.4 is 14.8 Å². The number of carbonyl (C=O) groups is 1. The minimum Gasteiger partial charge on any atom is -0.454 e. The molecule has 0 aromatic heterocycles. The molecule has 1 amide bonds. The smallest absolute Gasteiger partial charge is 0.410 e. The summed E-state index contributed by atoms with van der Waals surface area (Å²) in [5.74, 6) is 1.67. The van der Waals surface area contributed by atoms with E-state index in [1.165, 1.54) is 5.56 Å². The van der Waals surface area contributed by atoms with Gasteiger partial charge in [-0.15, -0.1) is 0 Å². The Hall–Kier alpha value is -1.81. The van der Waals surface area contributed by atoms with Crippen LogP contribution in [0.2, 0.25) is 0 Å². The van der Waals surface area contributed by atoms with Gasteiger partial charge in [-0.3, -0.25) is 5.32 Å². The molecular weight excluding hydrogens is 604 g/mol. The average molecular weight is 640 g/mol. The van der Waals surface area contributed by atoms with Crippen LogP contribution in [-0.2, 0) is 10.2 Å². The van der Waals surface area contributed by atoms with Gasteiger partial charge in [0.15, 0.2) is 11.5 Å². The lowest BCUT2D eigenvalue weighted by atomic mass is 9.70. The molecular formula is C28H36Br2N2O5. The summed E-state index contributed by atoms with van der Waals surface area (Å²) < 4.78 is 18.8. The van der Waals surface area contributed by atoms with Crippen molar-refractivity contribution in [3.05, 3.63) is 56.5 Å². The quantitative estimate of drug-likeness (QED) is 0.346. The van der Waals surface area contributed by atoms with Gasteiger partial charge in [0.25, 0.3) is 0 Å². The van der Waals surface area contributed by atoms with Crippen molar-refractivity contribution in [2.45, 2.75) is 70.1 Å². The van der Waals surface area contributed by atoms with Gasteiger partial charge >= 0.3 is 6.09 Å².